The van der Waals surface area contributed by atoms with Crippen molar-refractivity contribution in [2.45, 2.75) is 19.9 Å². The van der Waals surface area contributed by atoms with Crippen molar-refractivity contribution in [3.8, 4) is 11.5 Å². The molecule has 1 aliphatic heterocycles. The zero-order valence-electron chi connectivity index (χ0n) is 16.8. The van der Waals surface area contributed by atoms with Gasteiger partial charge in [-0.25, -0.2) is 0 Å². The lowest BCUT2D eigenvalue weighted by Gasteiger charge is -2.37. The number of phenols is 1. The van der Waals surface area contributed by atoms with Crippen molar-refractivity contribution in [1.29, 1.82) is 0 Å². The Morgan fingerprint density at radius 3 is 2.61 bits per heavy atom. The third kappa shape index (κ3) is 5.09. The van der Waals surface area contributed by atoms with E-state index in [0.717, 1.165) is 56.6 Å². The number of guanidine groups is 1. The van der Waals surface area contributed by atoms with Crippen molar-refractivity contribution >= 4 is 11.6 Å². The van der Waals surface area contributed by atoms with E-state index in [0.29, 0.717) is 12.3 Å². The number of hydrogen-bond acceptors (Lipinski definition) is 4. The van der Waals surface area contributed by atoms with Crippen LogP contribution < -0.4 is 15.0 Å². The summed E-state index contributed by atoms with van der Waals surface area (Å²) < 4.78 is 5.71. The van der Waals surface area contributed by atoms with Gasteiger partial charge in [0, 0.05) is 39.8 Å². The van der Waals surface area contributed by atoms with Gasteiger partial charge in [0.2, 0.25) is 0 Å². The second-order valence-corrected chi connectivity index (χ2v) is 6.86. The molecule has 0 aromatic heterocycles. The summed E-state index contributed by atoms with van der Waals surface area (Å²) in [6, 6.07) is 15.7. The summed E-state index contributed by atoms with van der Waals surface area (Å²) in [5.74, 6) is 2.15. The van der Waals surface area contributed by atoms with Crippen molar-refractivity contribution in [2.75, 3.05) is 44.7 Å². The van der Waals surface area contributed by atoms with Gasteiger partial charge in [0.1, 0.15) is 11.5 Å². The van der Waals surface area contributed by atoms with Crippen LogP contribution in [0.5, 0.6) is 11.5 Å². The Morgan fingerprint density at radius 2 is 1.89 bits per heavy atom. The van der Waals surface area contributed by atoms with Gasteiger partial charge in [-0.3, -0.25) is 4.99 Å². The van der Waals surface area contributed by atoms with Crippen molar-refractivity contribution in [3.63, 3.8) is 0 Å². The average Bonchev–Trinajstić information content (AvgIpc) is 2.74. The van der Waals surface area contributed by atoms with Crippen LogP contribution in [0.1, 0.15) is 18.9 Å². The molecule has 3 rings (SSSR count). The molecule has 0 bridgehead atoms. The quantitative estimate of drug-likeness (QED) is 0.594. The number of rotatable bonds is 6. The Balaban J connectivity index is 1.53. The Kier molecular flexibility index (Phi) is 7.00. The third-order valence-corrected chi connectivity index (χ3v) is 4.84. The van der Waals surface area contributed by atoms with Crippen molar-refractivity contribution in [3.05, 3.63) is 54.1 Å². The molecular formula is C22H30N4O2. The highest BCUT2D eigenvalue weighted by atomic mass is 16.5. The van der Waals surface area contributed by atoms with Gasteiger partial charge < -0.3 is 25.0 Å². The molecule has 1 fully saturated rings. The molecular weight excluding hydrogens is 352 g/mol. The van der Waals surface area contributed by atoms with E-state index in [1.54, 1.807) is 6.07 Å². The van der Waals surface area contributed by atoms with Gasteiger partial charge in [0.25, 0.3) is 0 Å². The summed E-state index contributed by atoms with van der Waals surface area (Å²) >= 11 is 0. The second kappa shape index (κ2) is 9.88. The normalized spacial score (nSPS) is 14.9. The second-order valence-electron chi connectivity index (χ2n) is 6.86. The van der Waals surface area contributed by atoms with Gasteiger partial charge in [0.15, 0.2) is 5.96 Å². The molecule has 1 heterocycles. The number of hydrogen-bond donors (Lipinski definition) is 2. The minimum atomic E-state index is 0.337. The van der Waals surface area contributed by atoms with E-state index in [9.17, 15) is 5.11 Å². The number of nitrogens with one attached hydrogen (secondary N) is 1. The number of anilines is 1. The minimum absolute atomic E-state index is 0.337. The highest BCUT2D eigenvalue weighted by molar-refractivity contribution is 5.80. The predicted molar refractivity (Wildman–Crippen MR) is 114 cm³/mol. The third-order valence-electron chi connectivity index (χ3n) is 4.84. The van der Waals surface area contributed by atoms with E-state index in [-0.39, 0.29) is 0 Å². The first-order valence-corrected chi connectivity index (χ1v) is 9.91. The molecule has 2 aromatic carbocycles. The lowest BCUT2D eigenvalue weighted by atomic mass is 10.2. The summed E-state index contributed by atoms with van der Waals surface area (Å²) in [7, 11) is 1.82. The lowest BCUT2D eigenvalue weighted by molar-refractivity contribution is 0.317. The SMILES string of the molecule is CCCOc1cccc(CNC(=NC)N2CCN(c3ccccc3O)CC2)c1. The number of ether oxygens (including phenoxy) is 1. The molecule has 1 saturated heterocycles. The molecule has 0 aliphatic carbocycles. The average molecular weight is 383 g/mol. The highest BCUT2D eigenvalue weighted by Crippen LogP contribution is 2.27. The standard InChI is InChI=1S/C22H30N4O2/c1-3-15-28-19-8-6-7-18(16-19)17-24-22(23-2)26-13-11-25(12-14-26)20-9-4-5-10-21(20)27/h4-10,16,27H,3,11-15,17H2,1-2H3,(H,23,24). The molecule has 2 N–H and O–H groups in total. The van der Waals surface area contributed by atoms with Gasteiger partial charge in [0.05, 0.1) is 12.3 Å². The molecule has 28 heavy (non-hydrogen) atoms. The van der Waals surface area contributed by atoms with Gasteiger partial charge in [-0.2, -0.15) is 0 Å². The fraction of sp³-hybridized carbons (Fsp3) is 0.409. The van der Waals surface area contributed by atoms with Crippen LogP contribution in [0.15, 0.2) is 53.5 Å². The van der Waals surface area contributed by atoms with E-state index in [4.69, 9.17) is 4.74 Å². The maximum atomic E-state index is 10.1. The number of aromatic hydroxyl groups is 1. The minimum Gasteiger partial charge on any atom is -0.506 e. The zero-order valence-corrected chi connectivity index (χ0v) is 16.8. The molecule has 0 atom stereocenters. The number of nitrogens with zero attached hydrogens (tertiary/aromatic N) is 3. The lowest BCUT2D eigenvalue weighted by Crippen LogP contribution is -2.52. The van der Waals surface area contributed by atoms with Gasteiger partial charge in [-0.15, -0.1) is 0 Å². The van der Waals surface area contributed by atoms with Gasteiger partial charge >= 0.3 is 0 Å². The number of phenolic OH excluding ortho intramolecular Hbond substituents is 1. The number of piperazine rings is 1. The fourth-order valence-corrected chi connectivity index (χ4v) is 3.37. The maximum absolute atomic E-state index is 10.1. The summed E-state index contributed by atoms with van der Waals surface area (Å²) in [6.45, 7) is 6.95. The van der Waals surface area contributed by atoms with Crippen LogP contribution in [-0.4, -0.2) is 55.8 Å². The molecule has 150 valence electrons. The number of aliphatic imine (C=N–C) groups is 1. The van der Waals surface area contributed by atoms with Gasteiger partial charge in [-0.05, 0) is 36.2 Å². The molecule has 2 aromatic rings. The largest absolute Gasteiger partial charge is 0.506 e. The smallest absolute Gasteiger partial charge is 0.194 e. The fourth-order valence-electron chi connectivity index (χ4n) is 3.37. The van der Waals surface area contributed by atoms with Crippen LogP contribution in [0, 0.1) is 0 Å². The van der Waals surface area contributed by atoms with Crippen LogP contribution in [0.4, 0.5) is 5.69 Å². The van der Waals surface area contributed by atoms with Crippen molar-refractivity contribution in [2.24, 2.45) is 4.99 Å². The molecule has 6 heteroatoms. The molecule has 6 nitrogen and oxygen atoms in total. The number of benzene rings is 2. The highest BCUT2D eigenvalue weighted by Gasteiger charge is 2.21. The molecule has 0 spiro atoms. The monoisotopic (exact) mass is 382 g/mol. The van der Waals surface area contributed by atoms with E-state index in [1.165, 1.54) is 5.56 Å². The molecule has 0 amide bonds. The van der Waals surface area contributed by atoms with E-state index >= 15 is 0 Å². The zero-order chi connectivity index (χ0) is 19.8. The maximum Gasteiger partial charge on any atom is 0.194 e. The Bertz CT molecular complexity index is 786. The summed E-state index contributed by atoms with van der Waals surface area (Å²) in [5, 5.41) is 13.5. The van der Waals surface area contributed by atoms with Crippen LogP contribution in [0.3, 0.4) is 0 Å². The van der Waals surface area contributed by atoms with E-state index in [2.05, 4.69) is 39.2 Å². The van der Waals surface area contributed by atoms with Crippen molar-refractivity contribution < 1.29 is 9.84 Å². The first kappa shape index (κ1) is 19.9. The predicted octanol–water partition coefficient (Wildman–Crippen LogP) is 3.08. The van der Waals surface area contributed by atoms with Crippen LogP contribution >= 0.6 is 0 Å². The van der Waals surface area contributed by atoms with Crippen LogP contribution in [-0.2, 0) is 6.54 Å². The number of para-hydroxylation sites is 2. The van der Waals surface area contributed by atoms with Gasteiger partial charge in [-0.1, -0.05) is 31.2 Å². The Morgan fingerprint density at radius 1 is 1.11 bits per heavy atom. The summed E-state index contributed by atoms with van der Waals surface area (Å²) in [5.41, 5.74) is 2.07. The first-order valence-electron chi connectivity index (χ1n) is 9.91. The van der Waals surface area contributed by atoms with Crippen molar-refractivity contribution in [1.82, 2.24) is 10.2 Å². The Hall–Kier alpha value is -2.89. The molecule has 0 saturated carbocycles. The molecule has 0 unspecified atom stereocenters. The Labute approximate surface area is 167 Å². The molecule has 0 radical (unpaired) electrons. The van der Waals surface area contributed by atoms with E-state index < -0.39 is 0 Å². The first-order chi connectivity index (χ1) is 13.7. The van der Waals surface area contributed by atoms with E-state index in [1.807, 2.05) is 37.4 Å². The van der Waals surface area contributed by atoms with Crippen LogP contribution in [0.25, 0.3) is 0 Å². The van der Waals surface area contributed by atoms with Crippen LogP contribution in [0.2, 0.25) is 0 Å². The topological polar surface area (TPSA) is 60.3 Å². The summed E-state index contributed by atoms with van der Waals surface area (Å²) in [6.07, 6.45) is 1.00. The summed E-state index contributed by atoms with van der Waals surface area (Å²) in [4.78, 5) is 8.92. The molecule has 1 aliphatic rings.